The zero-order chi connectivity index (χ0) is 18.0. The average molecular weight is 354 g/mol. The van der Waals surface area contributed by atoms with Crippen LogP contribution in [0.1, 0.15) is 24.8 Å². The van der Waals surface area contributed by atoms with Crippen LogP contribution >= 0.6 is 0 Å². The molecule has 0 radical (unpaired) electrons. The minimum atomic E-state index is -4.10. The van der Waals surface area contributed by atoms with E-state index in [0.717, 1.165) is 16.7 Å². The van der Waals surface area contributed by atoms with Crippen molar-refractivity contribution in [3.05, 3.63) is 40.3 Å². The van der Waals surface area contributed by atoms with Crippen LogP contribution in [-0.4, -0.2) is 41.8 Å². The predicted octanol–water partition coefficient (Wildman–Crippen LogP) is 3.63. The van der Waals surface area contributed by atoms with Crippen LogP contribution in [0.25, 0.3) is 10.8 Å². The molecule has 136 valence electrons. The van der Waals surface area contributed by atoms with E-state index < -0.39 is 12.6 Å². The van der Waals surface area contributed by atoms with Gasteiger partial charge in [0.15, 0.2) is 0 Å². The Morgan fingerprint density at radius 1 is 1.28 bits per heavy atom. The lowest BCUT2D eigenvalue weighted by molar-refractivity contribution is -0.138. The van der Waals surface area contributed by atoms with Crippen LogP contribution in [0.4, 0.5) is 13.2 Å². The topological polar surface area (TPSA) is 45.3 Å². The van der Waals surface area contributed by atoms with Gasteiger partial charge in [0, 0.05) is 31.2 Å². The summed E-state index contributed by atoms with van der Waals surface area (Å²) >= 11 is 0. The van der Waals surface area contributed by atoms with Gasteiger partial charge in [-0.3, -0.25) is 4.79 Å². The molecule has 1 aliphatic rings. The van der Waals surface area contributed by atoms with E-state index in [0.29, 0.717) is 31.3 Å². The molecule has 1 aromatic heterocycles. The van der Waals surface area contributed by atoms with E-state index in [-0.39, 0.29) is 18.2 Å². The SMILES string of the molecule is Cc1cc2c(=O)[nH]ccc2cc1OC1CCN(CCC(F)(F)F)CC1. The van der Waals surface area contributed by atoms with Crippen molar-refractivity contribution in [2.45, 2.75) is 38.5 Å². The summed E-state index contributed by atoms with van der Waals surface area (Å²) < 4.78 is 43.0. The Kier molecular flexibility index (Phi) is 5.03. The van der Waals surface area contributed by atoms with Crippen LogP contribution in [0.2, 0.25) is 0 Å². The molecule has 0 unspecified atom stereocenters. The number of alkyl halides is 3. The first-order chi connectivity index (χ1) is 11.8. The third-order valence-electron chi connectivity index (χ3n) is 4.61. The summed E-state index contributed by atoms with van der Waals surface area (Å²) in [4.78, 5) is 16.3. The van der Waals surface area contributed by atoms with Crippen LogP contribution in [0.5, 0.6) is 5.75 Å². The molecule has 3 rings (SSSR count). The number of halogens is 3. The van der Waals surface area contributed by atoms with Crippen molar-refractivity contribution >= 4 is 10.8 Å². The van der Waals surface area contributed by atoms with Gasteiger partial charge >= 0.3 is 6.18 Å². The monoisotopic (exact) mass is 354 g/mol. The number of H-pyrrole nitrogens is 1. The molecular formula is C18H21F3N2O2. The molecule has 0 atom stereocenters. The minimum absolute atomic E-state index is 0.0136. The second-order valence-corrected chi connectivity index (χ2v) is 6.54. The molecule has 25 heavy (non-hydrogen) atoms. The molecule has 1 N–H and O–H groups in total. The van der Waals surface area contributed by atoms with E-state index in [1.54, 1.807) is 6.20 Å². The number of ether oxygens (including phenoxy) is 1. The third kappa shape index (κ3) is 4.54. The first-order valence-electron chi connectivity index (χ1n) is 8.40. The Balaban J connectivity index is 1.62. The lowest BCUT2D eigenvalue weighted by Gasteiger charge is -2.32. The normalized spacial score (nSPS) is 17.1. The van der Waals surface area contributed by atoms with E-state index in [1.807, 2.05) is 30.0 Å². The molecule has 0 amide bonds. The van der Waals surface area contributed by atoms with E-state index in [1.165, 1.54) is 0 Å². The van der Waals surface area contributed by atoms with Crippen molar-refractivity contribution in [2.24, 2.45) is 0 Å². The summed E-state index contributed by atoms with van der Waals surface area (Å²) in [6.45, 7) is 3.15. The molecule has 2 heterocycles. The molecule has 1 saturated heterocycles. The van der Waals surface area contributed by atoms with Crippen molar-refractivity contribution in [3.8, 4) is 5.75 Å². The number of likely N-dealkylation sites (tertiary alicyclic amines) is 1. The van der Waals surface area contributed by atoms with Gasteiger partial charge in [-0.1, -0.05) is 0 Å². The zero-order valence-electron chi connectivity index (χ0n) is 14.0. The fourth-order valence-corrected chi connectivity index (χ4v) is 3.17. The molecule has 2 aromatic rings. The van der Waals surface area contributed by atoms with E-state index >= 15 is 0 Å². The molecule has 0 spiro atoms. The van der Waals surface area contributed by atoms with E-state index in [4.69, 9.17) is 4.74 Å². The predicted molar refractivity (Wildman–Crippen MR) is 90.1 cm³/mol. The number of nitrogens with zero attached hydrogens (tertiary/aromatic N) is 1. The standard InChI is InChI=1S/C18H21F3N2O2/c1-12-10-15-13(2-6-22-17(15)24)11-16(12)25-14-3-7-23(8-4-14)9-5-18(19,20)21/h2,6,10-11,14H,3-5,7-9H2,1H3,(H,22,24). The Bertz CT molecular complexity index is 793. The molecule has 7 heteroatoms. The number of benzene rings is 1. The quantitative estimate of drug-likeness (QED) is 0.912. The van der Waals surface area contributed by atoms with E-state index in [9.17, 15) is 18.0 Å². The second kappa shape index (κ2) is 7.07. The number of piperidine rings is 1. The average Bonchev–Trinajstić information content (AvgIpc) is 2.55. The third-order valence-corrected chi connectivity index (χ3v) is 4.61. The number of fused-ring (bicyclic) bond motifs is 1. The van der Waals surface area contributed by atoms with Gasteiger partial charge in [-0.2, -0.15) is 13.2 Å². The highest BCUT2D eigenvalue weighted by Crippen LogP contribution is 2.27. The Labute approximate surface area is 143 Å². The van der Waals surface area contributed by atoms with Gasteiger partial charge in [0.1, 0.15) is 11.9 Å². The van der Waals surface area contributed by atoms with Crippen molar-refractivity contribution < 1.29 is 17.9 Å². The van der Waals surface area contributed by atoms with Gasteiger partial charge in [-0.15, -0.1) is 0 Å². The zero-order valence-corrected chi connectivity index (χ0v) is 14.0. The molecular weight excluding hydrogens is 333 g/mol. The Morgan fingerprint density at radius 3 is 2.68 bits per heavy atom. The van der Waals surface area contributed by atoms with Gasteiger partial charge in [-0.25, -0.2) is 0 Å². The summed E-state index contributed by atoms with van der Waals surface area (Å²) in [5.41, 5.74) is 0.744. The Hall–Kier alpha value is -2.02. The maximum absolute atomic E-state index is 12.3. The van der Waals surface area contributed by atoms with E-state index in [2.05, 4.69) is 4.98 Å². The number of aromatic nitrogens is 1. The van der Waals surface area contributed by atoms with Crippen LogP contribution in [0.15, 0.2) is 29.2 Å². The smallest absolute Gasteiger partial charge is 0.390 e. The molecule has 1 aromatic carbocycles. The van der Waals surface area contributed by atoms with Crippen molar-refractivity contribution in [3.63, 3.8) is 0 Å². The maximum Gasteiger partial charge on any atom is 0.390 e. The van der Waals surface area contributed by atoms with Gasteiger partial charge in [0.2, 0.25) is 0 Å². The lowest BCUT2D eigenvalue weighted by Crippen LogP contribution is -2.39. The largest absolute Gasteiger partial charge is 0.490 e. The number of nitrogens with one attached hydrogen (secondary N) is 1. The first kappa shape index (κ1) is 17.8. The number of pyridine rings is 1. The molecule has 0 aliphatic carbocycles. The first-order valence-corrected chi connectivity index (χ1v) is 8.40. The highest BCUT2D eigenvalue weighted by molar-refractivity contribution is 5.83. The maximum atomic E-state index is 12.3. The molecule has 0 bridgehead atoms. The van der Waals surface area contributed by atoms with Crippen LogP contribution in [0.3, 0.4) is 0 Å². The minimum Gasteiger partial charge on any atom is -0.490 e. The Morgan fingerprint density at radius 2 is 2.00 bits per heavy atom. The summed E-state index contributed by atoms with van der Waals surface area (Å²) in [7, 11) is 0. The summed E-state index contributed by atoms with van der Waals surface area (Å²) in [5, 5.41) is 1.43. The summed E-state index contributed by atoms with van der Waals surface area (Å²) in [6.07, 6.45) is -1.89. The van der Waals surface area contributed by atoms with Crippen LogP contribution < -0.4 is 10.3 Å². The molecule has 1 aliphatic heterocycles. The molecule has 0 saturated carbocycles. The summed E-state index contributed by atoms with van der Waals surface area (Å²) in [6, 6.07) is 5.49. The van der Waals surface area contributed by atoms with Crippen molar-refractivity contribution in [1.29, 1.82) is 0 Å². The number of hydrogen-bond acceptors (Lipinski definition) is 3. The van der Waals surface area contributed by atoms with Crippen LogP contribution in [-0.2, 0) is 0 Å². The summed E-state index contributed by atoms with van der Waals surface area (Å²) in [5.74, 6) is 0.729. The van der Waals surface area contributed by atoms with Gasteiger partial charge in [0.05, 0.1) is 6.42 Å². The molecule has 4 nitrogen and oxygen atoms in total. The van der Waals surface area contributed by atoms with Crippen LogP contribution in [0, 0.1) is 6.92 Å². The molecule has 1 fully saturated rings. The number of aryl methyl sites for hydroxylation is 1. The van der Waals surface area contributed by atoms with Gasteiger partial charge in [0.25, 0.3) is 5.56 Å². The van der Waals surface area contributed by atoms with Crippen molar-refractivity contribution in [2.75, 3.05) is 19.6 Å². The second-order valence-electron chi connectivity index (χ2n) is 6.54. The highest BCUT2D eigenvalue weighted by atomic mass is 19.4. The lowest BCUT2D eigenvalue weighted by atomic mass is 10.1. The van der Waals surface area contributed by atoms with Crippen molar-refractivity contribution in [1.82, 2.24) is 9.88 Å². The van der Waals surface area contributed by atoms with Gasteiger partial charge < -0.3 is 14.6 Å². The number of hydrogen-bond donors (Lipinski definition) is 1. The number of rotatable bonds is 4. The fourth-order valence-electron chi connectivity index (χ4n) is 3.17. The van der Waals surface area contributed by atoms with Gasteiger partial charge in [-0.05, 0) is 48.9 Å². The number of aromatic amines is 1. The fraction of sp³-hybridized carbons (Fsp3) is 0.500. The highest BCUT2D eigenvalue weighted by Gasteiger charge is 2.29.